The highest BCUT2D eigenvalue weighted by Crippen LogP contribution is 2.27. The van der Waals surface area contributed by atoms with E-state index in [-0.39, 0.29) is 5.69 Å². The number of carbonyl (C=O) groups excluding carboxylic acids is 1. The number of nitrogens with one attached hydrogen (secondary N) is 1. The van der Waals surface area contributed by atoms with E-state index in [1.54, 1.807) is 47.6 Å². The van der Waals surface area contributed by atoms with E-state index < -0.39 is 11.7 Å². The largest absolute Gasteiger partial charge is 0.319 e. The summed E-state index contributed by atoms with van der Waals surface area (Å²) in [5, 5.41) is 11.3. The predicted octanol–water partition coefficient (Wildman–Crippen LogP) is 3.64. The van der Waals surface area contributed by atoms with Crippen molar-refractivity contribution in [3.05, 3.63) is 72.5 Å². The van der Waals surface area contributed by atoms with Crippen molar-refractivity contribution in [1.29, 1.82) is 0 Å². The Hall–Kier alpha value is -3.88. The number of hydrogen-bond acceptors (Lipinski definition) is 5. The zero-order valence-corrected chi connectivity index (χ0v) is 16.7. The second-order valence-electron chi connectivity index (χ2n) is 7.43. The highest BCUT2D eigenvalue weighted by Gasteiger charge is 2.18. The molecule has 5 rings (SSSR count). The summed E-state index contributed by atoms with van der Waals surface area (Å²) in [7, 11) is 0. The van der Waals surface area contributed by atoms with E-state index in [1.807, 2.05) is 0 Å². The van der Waals surface area contributed by atoms with E-state index in [4.69, 9.17) is 0 Å². The molecular weight excluding hydrogens is 397 g/mol. The molecule has 0 saturated carbocycles. The summed E-state index contributed by atoms with van der Waals surface area (Å²) >= 11 is 0. The third-order valence-corrected chi connectivity index (χ3v) is 5.36. The summed E-state index contributed by atoms with van der Waals surface area (Å²) in [4.78, 5) is 20.9. The van der Waals surface area contributed by atoms with Crippen molar-refractivity contribution in [2.45, 2.75) is 32.2 Å². The maximum Gasteiger partial charge on any atom is 0.257 e. The molecule has 0 atom stereocenters. The van der Waals surface area contributed by atoms with Gasteiger partial charge in [0.15, 0.2) is 5.82 Å². The molecule has 1 aliphatic heterocycles. The van der Waals surface area contributed by atoms with Gasteiger partial charge in [-0.25, -0.2) is 14.4 Å². The van der Waals surface area contributed by atoms with Crippen LogP contribution in [-0.4, -0.2) is 35.2 Å². The van der Waals surface area contributed by atoms with Crippen molar-refractivity contribution in [2.75, 3.05) is 5.32 Å². The van der Waals surface area contributed by atoms with E-state index >= 15 is 0 Å². The average molecular weight is 417 g/mol. The quantitative estimate of drug-likeness (QED) is 0.547. The van der Waals surface area contributed by atoms with Gasteiger partial charge in [0.1, 0.15) is 23.8 Å². The van der Waals surface area contributed by atoms with Gasteiger partial charge in [0.25, 0.3) is 5.91 Å². The number of pyridine rings is 1. The molecule has 0 radical (unpaired) electrons. The minimum absolute atomic E-state index is 0.0900. The highest BCUT2D eigenvalue weighted by molar-refractivity contribution is 6.04. The van der Waals surface area contributed by atoms with Crippen LogP contribution in [0.25, 0.3) is 17.2 Å². The molecule has 4 heterocycles. The normalized spacial score (nSPS) is 13.5. The van der Waals surface area contributed by atoms with Crippen molar-refractivity contribution < 1.29 is 9.18 Å². The molecule has 0 fully saturated rings. The first-order valence-electron chi connectivity index (χ1n) is 10.2. The molecule has 0 aliphatic carbocycles. The Morgan fingerprint density at radius 2 is 2.03 bits per heavy atom. The summed E-state index contributed by atoms with van der Waals surface area (Å²) in [5.41, 5.74) is 1.13. The first kappa shape index (κ1) is 19.1. The van der Waals surface area contributed by atoms with Gasteiger partial charge in [-0.15, -0.1) is 10.2 Å². The number of hydrogen-bond donors (Lipinski definition) is 1. The predicted molar refractivity (Wildman–Crippen MR) is 112 cm³/mol. The molecule has 4 aromatic rings. The Morgan fingerprint density at radius 1 is 1.10 bits per heavy atom. The molecule has 3 aromatic heterocycles. The first-order valence-corrected chi connectivity index (χ1v) is 10.2. The van der Waals surface area contributed by atoms with Crippen molar-refractivity contribution in [3.63, 3.8) is 0 Å². The monoisotopic (exact) mass is 417 g/mol. The smallest absolute Gasteiger partial charge is 0.257 e. The molecule has 0 bridgehead atoms. The number of rotatable bonds is 4. The minimum Gasteiger partial charge on any atom is -0.319 e. The fourth-order valence-electron chi connectivity index (χ4n) is 3.72. The minimum atomic E-state index is -0.518. The average Bonchev–Trinajstić information content (AvgIpc) is 3.41. The molecule has 0 saturated heterocycles. The Morgan fingerprint density at radius 3 is 2.84 bits per heavy atom. The lowest BCUT2D eigenvalue weighted by Gasteiger charge is -2.11. The summed E-state index contributed by atoms with van der Waals surface area (Å²) < 4.78 is 18.3. The zero-order valence-electron chi connectivity index (χ0n) is 16.7. The Labute approximate surface area is 177 Å². The van der Waals surface area contributed by atoms with Crippen LogP contribution in [0.3, 0.4) is 0 Å². The molecule has 1 N–H and O–H groups in total. The standard InChI is InChI=1S/C22H20FN7O/c23-17-7-5-15(21-28-27-20-4-2-1-3-10-30(20)21)12-18(17)26-22(31)16-6-8-19(25-13-16)29-11-9-24-14-29/h5-9,11-14H,1-4,10H2,(H,26,31). The summed E-state index contributed by atoms with van der Waals surface area (Å²) in [6.07, 6.45) is 10.7. The number of imidazole rings is 1. The van der Waals surface area contributed by atoms with Crippen molar-refractivity contribution in [1.82, 2.24) is 29.3 Å². The van der Waals surface area contributed by atoms with Gasteiger partial charge in [-0.1, -0.05) is 6.42 Å². The van der Waals surface area contributed by atoms with Gasteiger partial charge < -0.3 is 9.88 Å². The number of carbonyl (C=O) groups is 1. The SMILES string of the molecule is O=C(Nc1cc(-c2nnc3n2CCCCC3)ccc1F)c1ccc(-n2ccnc2)nc1. The van der Waals surface area contributed by atoms with E-state index in [1.165, 1.54) is 12.3 Å². The topological polar surface area (TPSA) is 90.5 Å². The van der Waals surface area contributed by atoms with Crippen LogP contribution in [0.5, 0.6) is 0 Å². The van der Waals surface area contributed by atoms with E-state index in [0.29, 0.717) is 22.8 Å². The third-order valence-electron chi connectivity index (χ3n) is 5.36. The number of fused-ring (bicyclic) bond motifs is 1. The zero-order chi connectivity index (χ0) is 21.2. The molecule has 0 unspecified atom stereocenters. The van der Waals surface area contributed by atoms with E-state index in [9.17, 15) is 9.18 Å². The summed E-state index contributed by atoms with van der Waals surface area (Å²) in [6.45, 7) is 0.839. The lowest BCUT2D eigenvalue weighted by atomic mass is 10.1. The van der Waals surface area contributed by atoms with Crippen molar-refractivity contribution >= 4 is 11.6 Å². The molecule has 8 nitrogen and oxygen atoms in total. The molecule has 1 amide bonds. The van der Waals surface area contributed by atoms with Crippen LogP contribution in [0.2, 0.25) is 0 Å². The number of benzene rings is 1. The molecular formula is C22H20FN7O. The number of anilines is 1. The van der Waals surface area contributed by atoms with Crippen molar-refractivity contribution in [3.8, 4) is 17.2 Å². The fourth-order valence-corrected chi connectivity index (χ4v) is 3.72. The first-order chi connectivity index (χ1) is 15.2. The molecule has 9 heteroatoms. The van der Waals surface area contributed by atoms with Crippen LogP contribution in [0.15, 0.2) is 55.2 Å². The van der Waals surface area contributed by atoms with E-state index in [0.717, 1.165) is 38.1 Å². The number of aryl methyl sites for hydroxylation is 1. The number of halogens is 1. The van der Waals surface area contributed by atoms with Crippen LogP contribution in [0.4, 0.5) is 10.1 Å². The van der Waals surface area contributed by atoms with Gasteiger partial charge in [-0.3, -0.25) is 9.36 Å². The van der Waals surface area contributed by atoms with Crippen molar-refractivity contribution in [2.24, 2.45) is 0 Å². The van der Waals surface area contributed by atoms with Crippen LogP contribution >= 0.6 is 0 Å². The Balaban J connectivity index is 1.39. The second kappa shape index (κ2) is 8.10. The molecule has 31 heavy (non-hydrogen) atoms. The van der Waals surface area contributed by atoms with Crippen LogP contribution in [-0.2, 0) is 13.0 Å². The third kappa shape index (κ3) is 3.81. The molecule has 0 spiro atoms. The van der Waals surface area contributed by atoms with Gasteiger partial charge in [0, 0.05) is 37.1 Å². The Bertz CT molecular complexity index is 1220. The Kier molecular flexibility index (Phi) is 4.99. The maximum absolute atomic E-state index is 14.5. The number of amides is 1. The van der Waals surface area contributed by atoms with Gasteiger partial charge in [-0.05, 0) is 43.2 Å². The number of aromatic nitrogens is 6. The highest BCUT2D eigenvalue weighted by atomic mass is 19.1. The second-order valence-corrected chi connectivity index (χ2v) is 7.43. The maximum atomic E-state index is 14.5. The van der Waals surface area contributed by atoms with Gasteiger partial charge in [-0.2, -0.15) is 0 Å². The lowest BCUT2D eigenvalue weighted by Crippen LogP contribution is -2.14. The van der Waals surface area contributed by atoms with Crippen LogP contribution in [0.1, 0.15) is 35.4 Å². The molecule has 156 valence electrons. The van der Waals surface area contributed by atoms with E-state index in [2.05, 4.69) is 30.0 Å². The number of nitrogens with zero attached hydrogens (tertiary/aromatic N) is 6. The summed E-state index contributed by atoms with van der Waals surface area (Å²) in [6, 6.07) is 7.94. The summed E-state index contributed by atoms with van der Waals surface area (Å²) in [5.74, 6) is 1.32. The van der Waals surface area contributed by atoms with Crippen LogP contribution < -0.4 is 5.32 Å². The lowest BCUT2D eigenvalue weighted by molar-refractivity contribution is 0.102. The fraction of sp³-hybridized carbons (Fsp3) is 0.227. The molecule has 1 aromatic carbocycles. The van der Waals surface area contributed by atoms with Gasteiger partial charge >= 0.3 is 0 Å². The van der Waals surface area contributed by atoms with Crippen LogP contribution in [0, 0.1) is 5.82 Å². The van der Waals surface area contributed by atoms with Gasteiger partial charge in [0.2, 0.25) is 0 Å². The molecule has 1 aliphatic rings. The van der Waals surface area contributed by atoms with Gasteiger partial charge in [0.05, 0.1) is 11.3 Å².